The molecule has 0 spiro atoms. The Labute approximate surface area is 186 Å². The summed E-state index contributed by atoms with van der Waals surface area (Å²) in [4.78, 5) is 15.8. The number of piperidine rings is 1. The van der Waals surface area contributed by atoms with Crippen LogP contribution in [0, 0.1) is 29.1 Å². The quantitative estimate of drug-likeness (QED) is 0.634. The van der Waals surface area contributed by atoms with Crippen LogP contribution in [0.4, 0.5) is 0 Å². The van der Waals surface area contributed by atoms with E-state index in [4.69, 9.17) is 14.2 Å². The van der Waals surface area contributed by atoms with Crippen molar-refractivity contribution >= 4 is 5.91 Å². The Hall–Kier alpha value is -1.75. The van der Waals surface area contributed by atoms with Crippen molar-refractivity contribution in [2.45, 2.75) is 58.0 Å². The Morgan fingerprint density at radius 2 is 1.48 bits per heavy atom. The van der Waals surface area contributed by atoms with Crippen LogP contribution < -0.4 is 9.47 Å². The van der Waals surface area contributed by atoms with Gasteiger partial charge in [0.2, 0.25) is 5.91 Å². The summed E-state index contributed by atoms with van der Waals surface area (Å²) < 4.78 is 16.7. The first kappa shape index (κ1) is 21.1. The lowest BCUT2D eigenvalue weighted by Crippen LogP contribution is -2.55. The molecule has 0 N–H and O–H groups in total. The van der Waals surface area contributed by atoms with Crippen LogP contribution in [0.2, 0.25) is 0 Å². The Bertz CT molecular complexity index is 741. The second-order valence-electron chi connectivity index (χ2n) is 10.7. The molecule has 4 bridgehead atoms. The van der Waals surface area contributed by atoms with Crippen molar-refractivity contribution in [3.05, 3.63) is 23.8 Å². The van der Waals surface area contributed by atoms with Gasteiger partial charge < -0.3 is 19.1 Å². The maximum Gasteiger partial charge on any atom is 0.228 e. The van der Waals surface area contributed by atoms with Gasteiger partial charge in [-0.25, -0.2) is 0 Å². The highest BCUT2D eigenvalue weighted by atomic mass is 16.5. The Balaban J connectivity index is 1.10. The molecule has 1 aliphatic heterocycles. The monoisotopic (exact) mass is 427 g/mol. The number of amides is 1. The molecule has 31 heavy (non-hydrogen) atoms. The van der Waals surface area contributed by atoms with Crippen LogP contribution in [0.1, 0.15) is 56.9 Å². The first-order valence-corrected chi connectivity index (χ1v) is 12.2. The molecule has 5 heteroatoms. The third-order valence-corrected chi connectivity index (χ3v) is 8.43. The van der Waals surface area contributed by atoms with Gasteiger partial charge >= 0.3 is 0 Å². The molecule has 6 rings (SSSR count). The largest absolute Gasteiger partial charge is 0.497 e. The number of carbonyl (C=O) groups is 1. The van der Waals surface area contributed by atoms with Crippen LogP contribution in [0.3, 0.4) is 0 Å². The number of nitrogens with zero attached hydrogens (tertiary/aromatic N) is 1. The molecule has 1 heterocycles. The maximum atomic E-state index is 13.5. The molecule has 170 valence electrons. The van der Waals surface area contributed by atoms with E-state index < -0.39 is 0 Å². The van der Waals surface area contributed by atoms with Crippen molar-refractivity contribution in [2.24, 2.45) is 29.1 Å². The van der Waals surface area contributed by atoms with E-state index in [0.29, 0.717) is 18.4 Å². The van der Waals surface area contributed by atoms with Gasteiger partial charge in [-0.1, -0.05) is 0 Å². The van der Waals surface area contributed by atoms with Crippen LogP contribution in [-0.2, 0) is 16.1 Å². The summed E-state index contributed by atoms with van der Waals surface area (Å²) in [5, 5.41) is 0. The van der Waals surface area contributed by atoms with Gasteiger partial charge in [0.1, 0.15) is 11.5 Å². The van der Waals surface area contributed by atoms with Gasteiger partial charge in [0.05, 0.1) is 26.2 Å². The Morgan fingerprint density at radius 3 is 2.00 bits per heavy atom. The zero-order valence-corrected chi connectivity index (χ0v) is 19.1. The van der Waals surface area contributed by atoms with E-state index in [1.807, 2.05) is 18.2 Å². The molecule has 0 unspecified atom stereocenters. The lowest BCUT2D eigenvalue weighted by Gasteiger charge is -2.57. The van der Waals surface area contributed by atoms with Gasteiger partial charge in [0, 0.05) is 25.8 Å². The fourth-order valence-electron chi connectivity index (χ4n) is 7.30. The summed E-state index contributed by atoms with van der Waals surface area (Å²) in [6, 6.07) is 5.87. The zero-order chi connectivity index (χ0) is 21.4. The molecule has 4 saturated carbocycles. The minimum atomic E-state index is 0.00348. The topological polar surface area (TPSA) is 48.0 Å². The van der Waals surface area contributed by atoms with Gasteiger partial charge in [0.15, 0.2) is 0 Å². The van der Waals surface area contributed by atoms with E-state index in [-0.39, 0.29) is 5.41 Å². The molecule has 5 nitrogen and oxygen atoms in total. The maximum absolute atomic E-state index is 13.5. The molecule has 0 aromatic heterocycles. The Morgan fingerprint density at radius 1 is 0.935 bits per heavy atom. The summed E-state index contributed by atoms with van der Waals surface area (Å²) in [6.07, 6.45) is 9.81. The third kappa shape index (κ3) is 4.30. The highest BCUT2D eigenvalue weighted by Crippen LogP contribution is 2.60. The normalized spacial score (nSPS) is 32.3. The summed E-state index contributed by atoms with van der Waals surface area (Å²) in [5.41, 5.74) is 1.06. The van der Waals surface area contributed by atoms with E-state index in [0.717, 1.165) is 67.4 Å². The highest BCUT2D eigenvalue weighted by molar-refractivity contribution is 5.83. The van der Waals surface area contributed by atoms with Crippen molar-refractivity contribution in [1.82, 2.24) is 4.90 Å². The van der Waals surface area contributed by atoms with E-state index in [2.05, 4.69) is 4.90 Å². The van der Waals surface area contributed by atoms with E-state index in [1.165, 1.54) is 38.5 Å². The number of benzene rings is 1. The second-order valence-corrected chi connectivity index (χ2v) is 10.7. The SMILES string of the molecule is COc1cc(COCC2CCN(C(=O)C34CC5CC(CC(C5)C3)C4)CC2)cc(OC)c1. The molecule has 1 amide bonds. The number of ether oxygens (including phenoxy) is 3. The van der Waals surface area contributed by atoms with Gasteiger partial charge in [-0.15, -0.1) is 0 Å². The van der Waals surface area contributed by atoms with E-state index in [1.54, 1.807) is 14.2 Å². The molecular weight excluding hydrogens is 390 g/mol. The average molecular weight is 428 g/mol. The van der Waals surface area contributed by atoms with E-state index >= 15 is 0 Å². The van der Waals surface area contributed by atoms with Crippen molar-refractivity contribution in [3.8, 4) is 11.5 Å². The summed E-state index contributed by atoms with van der Waals surface area (Å²) in [5.74, 6) is 5.09. The van der Waals surface area contributed by atoms with Crippen LogP contribution in [-0.4, -0.2) is 44.7 Å². The molecular formula is C26H37NO4. The summed E-state index contributed by atoms with van der Waals surface area (Å²) in [6.45, 7) is 3.11. The smallest absolute Gasteiger partial charge is 0.228 e. The highest BCUT2D eigenvalue weighted by Gasteiger charge is 2.55. The lowest BCUT2D eigenvalue weighted by atomic mass is 9.49. The number of likely N-dealkylation sites (tertiary alicyclic amines) is 1. The molecule has 5 aliphatic rings. The van der Waals surface area contributed by atoms with Crippen LogP contribution in [0.15, 0.2) is 18.2 Å². The molecule has 1 aromatic rings. The van der Waals surface area contributed by atoms with Gasteiger partial charge in [-0.3, -0.25) is 4.79 Å². The molecule has 4 aliphatic carbocycles. The van der Waals surface area contributed by atoms with Crippen LogP contribution >= 0.6 is 0 Å². The van der Waals surface area contributed by atoms with Gasteiger partial charge in [-0.2, -0.15) is 0 Å². The minimum absolute atomic E-state index is 0.00348. The van der Waals surface area contributed by atoms with Crippen molar-refractivity contribution in [3.63, 3.8) is 0 Å². The fourth-order valence-corrected chi connectivity index (χ4v) is 7.30. The molecule has 0 radical (unpaired) electrons. The number of hydrogen-bond acceptors (Lipinski definition) is 4. The van der Waals surface area contributed by atoms with Crippen LogP contribution in [0.25, 0.3) is 0 Å². The van der Waals surface area contributed by atoms with Crippen molar-refractivity contribution in [2.75, 3.05) is 33.9 Å². The number of rotatable bonds is 7. The standard InChI is InChI=1S/C26H37NO4/c1-29-23-10-22(11-24(12-23)30-2)17-31-16-18-3-5-27(6-4-18)25(28)26-13-19-7-20(14-26)9-21(8-19)15-26/h10-12,18-21H,3-9,13-17H2,1-2H3. The summed E-state index contributed by atoms with van der Waals surface area (Å²) >= 11 is 0. The first-order valence-electron chi connectivity index (χ1n) is 12.2. The fraction of sp³-hybridized carbons (Fsp3) is 0.731. The Kier molecular flexibility index (Phi) is 5.89. The summed E-state index contributed by atoms with van der Waals surface area (Å²) in [7, 11) is 3.33. The van der Waals surface area contributed by atoms with Gasteiger partial charge in [-0.05, 0) is 92.7 Å². The van der Waals surface area contributed by atoms with E-state index in [9.17, 15) is 4.79 Å². The zero-order valence-electron chi connectivity index (χ0n) is 19.1. The van der Waals surface area contributed by atoms with Crippen molar-refractivity contribution in [1.29, 1.82) is 0 Å². The first-order chi connectivity index (χ1) is 15.1. The predicted octanol–water partition coefficient (Wildman–Crippen LogP) is 4.68. The minimum Gasteiger partial charge on any atom is -0.497 e. The van der Waals surface area contributed by atoms with Gasteiger partial charge in [0.25, 0.3) is 0 Å². The molecule has 5 fully saturated rings. The second kappa shape index (κ2) is 8.65. The lowest BCUT2D eigenvalue weighted by molar-refractivity contribution is -0.159. The third-order valence-electron chi connectivity index (χ3n) is 8.43. The number of carbonyl (C=O) groups excluding carboxylic acids is 1. The van der Waals surface area contributed by atoms with Crippen LogP contribution in [0.5, 0.6) is 11.5 Å². The molecule has 1 aromatic carbocycles. The predicted molar refractivity (Wildman–Crippen MR) is 119 cm³/mol. The average Bonchev–Trinajstić information content (AvgIpc) is 2.78. The number of hydrogen-bond donors (Lipinski definition) is 0. The van der Waals surface area contributed by atoms with Crippen molar-refractivity contribution < 1.29 is 19.0 Å². The number of methoxy groups -OCH3 is 2. The molecule has 0 atom stereocenters. The molecule has 1 saturated heterocycles.